The van der Waals surface area contributed by atoms with E-state index in [9.17, 15) is 14.7 Å². The minimum absolute atomic E-state index is 0.153. The fourth-order valence-corrected chi connectivity index (χ4v) is 3.59. The summed E-state index contributed by atoms with van der Waals surface area (Å²) >= 11 is 0. The van der Waals surface area contributed by atoms with Gasteiger partial charge in [-0.15, -0.1) is 0 Å². The monoisotopic (exact) mass is 419 g/mol. The lowest BCUT2D eigenvalue weighted by Gasteiger charge is -2.43. The quantitative estimate of drug-likeness (QED) is 0.638. The number of amides is 2. The minimum Gasteiger partial charge on any atom is -0.478 e. The van der Waals surface area contributed by atoms with Crippen molar-refractivity contribution in [1.82, 2.24) is 14.8 Å². The largest absolute Gasteiger partial charge is 0.478 e. The number of ether oxygens (including phenoxy) is 2. The van der Waals surface area contributed by atoms with Gasteiger partial charge in [-0.05, 0) is 26.3 Å². The standard InChI is InChI=1S/C20H29N5O5/c1-15-13-23(19(26)27)14-16(2)24(15)10-5-11-30-18-7-6-17(12-22-18)25(9-4-8-21)20(28)29-3/h6-7,12,15-16H,4-5,9-11,13-14H2,1-3H3,(H,26,27)/t15-,16?/m1/s1. The van der Waals surface area contributed by atoms with Gasteiger partial charge in [-0.1, -0.05) is 0 Å². The van der Waals surface area contributed by atoms with Crippen LogP contribution in [0.3, 0.4) is 0 Å². The molecule has 0 aliphatic carbocycles. The molecule has 10 heteroatoms. The second-order valence-corrected chi connectivity index (χ2v) is 7.21. The zero-order chi connectivity index (χ0) is 22.1. The van der Waals surface area contributed by atoms with E-state index in [0.717, 1.165) is 13.0 Å². The minimum atomic E-state index is -0.871. The number of carbonyl (C=O) groups excluding carboxylic acids is 1. The van der Waals surface area contributed by atoms with Gasteiger partial charge >= 0.3 is 12.2 Å². The molecule has 0 aromatic carbocycles. The first-order valence-electron chi connectivity index (χ1n) is 9.92. The van der Waals surface area contributed by atoms with Crippen molar-refractivity contribution < 1.29 is 24.2 Å². The van der Waals surface area contributed by atoms with Crippen LogP contribution in [0.4, 0.5) is 15.3 Å². The van der Waals surface area contributed by atoms with E-state index in [-0.39, 0.29) is 25.0 Å². The lowest BCUT2D eigenvalue weighted by Crippen LogP contribution is -2.58. The number of carbonyl (C=O) groups is 2. The number of aromatic nitrogens is 1. The molecule has 1 unspecified atom stereocenters. The maximum Gasteiger partial charge on any atom is 0.414 e. The Bertz CT molecular complexity index is 739. The van der Waals surface area contributed by atoms with Gasteiger partial charge in [0.1, 0.15) is 0 Å². The van der Waals surface area contributed by atoms with Crippen molar-refractivity contribution in [3.05, 3.63) is 18.3 Å². The number of hydrogen-bond donors (Lipinski definition) is 1. The predicted octanol–water partition coefficient (Wildman–Crippen LogP) is 2.41. The lowest BCUT2D eigenvalue weighted by molar-refractivity contribution is 0.0371. The lowest BCUT2D eigenvalue weighted by atomic mass is 10.1. The first kappa shape index (κ1) is 23.2. The molecule has 2 amide bonds. The molecule has 1 aliphatic heterocycles. The Balaban J connectivity index is 1.82. The SMILES string of the molecule is COC(=O)N(CCC#N)c1ccc(OCCCN2C(C)CN(C(=O)O)C[C@H]2C)nc1. The van der Waals surface area contributed by atoms with Crippen LogP contribution < -0.4 is 9.64 Å². The summed E-state index contributed by atoms with van der Waals surface area (Å²) in [5, 5.41) is 17.9. The molecular weight excluding hydrogens is 390 g/mol. The zero-order valence-corrected chi connectivity index (χ0v) is 17.7. The zero-order valence-electron chi connectivity index (χ0n) is 17.7. The summed E-state index contributed by atoms with van der Waals surface area (Å²) in [6.45, 7) is 6.57. The smallest absolute Gasteiger partial charge is 0.414 e. The van der Waals surface area contributed by atoms with Crippen molar-refractivity contribution in [3.8, 4) is 11.9 Å². The molecular formula is C20H29N5O5. The van der Waals surface area contributed by atoms with Gasteiger partial charge in [-0.25, -0.2) is 14.6 Å². The molecule has 1 aliphatic rings. The maximum absolute atomic E-state index is 11.9. The molecule has 0 bridgehead atoms. The number of rotatable bonds is 8. The number of methoxy groups -OCH3 is 1. The normalized spacial score (nSPS) is 19.1. The Morgan fingerprint density at radius 3 is 2.57 bits per heavy atom. The number of piperazine rings is 1. The van der Waals surface area contributed by atoms with Gasteiger partial charge in [0.2, 0.25) is 5.88 Å². The van der Waals surface area contributed by atoms with Crippen molar-refractivity contribution in [2.24, 2.45) is 0 Å². The van der Waals surface area contributed by atoms with Crippen LogP contribution in [0.2, 0.25) is 0 Å². The Morgan fingerprint density at radius 1 is 1.33 bits per heavy atom. The third kappa shape index (κ3) is 6.22. The number of hydrogen-bond acceptors (Lipinski definition) is 7. The average molecular weight is 419 g/mol. The third-order valence-corrected chi connectivity index (χ3v) is 5.06. The highest BCUT2D eigenvalue weighted by molar-refractivity contribution is 5.87. The van der Waals surface area contributed by atoms with E-state index in [1.165, 1.54) is 23.1 Å². The number of nitrogens with zero attached hydrogens (tertiary/aromatic N) is 5. The van der Waals surface area contributed by atoms with E-state index in [4.69, 9.17) is 14.7 Å². The molecule has 0 radical (unpaired) electrons. The highest BCUT2D eigenvalue weighted by Crippen LogP contribution is 2.19. The Hall–Kier alpha value is -3.06. The summed E-state index contributed by atoms with van der Waals surface area (Å²) in [6.07, 6.45) is 1.06. The van der Waals surface area contributed by atoms with Crippen LogP contribution >= 0.6 is 0 Å². The van der Waals surface area contributed by atoms with Gasteiger partial charge in [0.05, 0.1) is 38.1 Å². The highest BCUT2D eigenvalue weighted by atomic mass is 16.5. The van der Waals surface area contributed by atoms with E-state index in [2.05, 4.69) is 9.88 Å². The predicted molar refractivity (Wildman–Crippen MR) is 110 cm³/mol. The molecule has 0 saturated carbocycles. The summed E-state index contributed by atoms with van der Waals surface area (Å²) in [7, 11) is 1.29. The summed E-state index contributed by atoms with van der Waals surface area (Å²) in [6, 6.07) is 5.68. The van der Waals surface area contributed by atoms with Crippen LogP contribution in [0.5, 0.6) is 5.88 Å². The number of anilines is 1. The first-order valence-corrected chi connectivity index (χ1v) is 9.92. The van der Waals surface area contributed by atoms with E-state index in [1.54, 1.807) is 12.1 Å². The van der Waals surface area contributed by atoms with Crippen LogP contribution in [0.25, 0.3) is 0 Å². The van der Waals surface area contributed by atoms with Gasteiger partial charge in [0, 0.05) is 44.3 Å². The average Bonchev–Trinajstić information content (AvgIpc) is 2.73. The van der Waals surface area contributed by atoms with Crippen molar-refractivity contribution in [3.63, 3.8) is 0 Å². The molecule has 2 heterocycles. The highest BCUT2D eigenvalue weighted by Gasteiger charge is 2.31. The second kappa shape index (κ2) is 11.2. The molecule has 0 spiro atoms. The fraction of sp³-hybridized carbons (Fsp3) is 0.600. The van der Waals surface area contributed by atoms with Crippen molar-refractivity contribution >= 4 is 17.9 Å². The molecule has 1 fully saturated rings. The Labute approximate surface area is 176 Å². The summed E-state index contributed by atoms with van der Waals surface area (Å²) in [5.74, 6) is 0.445. The van der Waals surface area contributed by atoms with Crippen LogP contribution in [0, 0.1) is 11.3 Å². The van der Waals surface area contributed by atoms with Crippen LogP contribution in [0.15, 0.2) is 18.3 Å². The topological polar surface area (TPSA) is 119 Å². The van der Waals surface area contributed by atoms with Crippen molar-refractivity contribution in [1.29, 1.82) is 5.26 Å². The van der Waals surface area contributed by atoms with Gasteiger partial charge in [0.15, 0.2) is 0 Å². The molecule has 1 saturated heterocycles. The number of pyridine rings is 1. The summed E-state index contributed by atoms with van der Waals surface area (Å²) in [5.41, 5.74) is 0.531. The van der Waals surface area contributed by atoms with Gasteiger partial charge in [-0.3, -0.25) is 9.80 Å². The van der Waals surface area contributed by atoms with Gasteiger partial charge in [0.25, 0.3) is 0 Å². The Morgan fingerprint density at radius 2 is 2.03 bits per heavy atom. The van der Waals surface area contributed by atoms with E-state index < -0.39 is 12.2 Å². The molecule has 1 aromatic heterocycles. The van der Waals surface area contributed by atoms with Crippen LogP contribution in [-0.2, 0) is 4.74 Å². The summed E-state index contributed by atoms with van der Waals surface area (Å²) < 4.78 is 10.4. The van der Waals surface area contributed by atoms with Crippen molar-refractivity contribution in [2.75, 3.05) is 44.8 Å². The van der Waals surface area contributed by atoms with Crippen molar-refractivity contribution in [2.45, 2.75) is 38.8 Å². The van der Waals surface area contributed by atoms with Crippen LogP contribution in [0.1, 0.15) is 26.7 Å². The van der Waals surface area contributed by atoms with E-state index in [1.807, 2.05) is 19.9 Å². The Kier molecular flexibility index (Phi) is 8.68. The fourth-order valence-electron chi connectivity index (χ4n) is 3.59. The van der Waals surface area contributed by atoms with E-state index in [0.29, 0.717) is 31.3 Å². The molecule has 2 atom stereocenters. The molecule has 30 heavy (non-hydrogen) atoms. The van der Waals surface area contributed by atoms with Gasteiger partial charge < -0.3 is 19.5 Å². The number of carboxylic acid groups (broad SMARTS) is 1. The van der Waals surface area contributed by atoms with Gasteiger partial charge in [-0.2, -0.15) is 5.26 Å². The molecule has 1 aromatic rings. The molecule has 2 rings (SSSR count). The maximum atomic E-state index is 11.9. The first-order chi connectivity index (χ1) is 14.4. The second-order valence-electron chi connectivity index (χ2n) is 7.21. The number of nitriles is 1. The molecule has 10 nitrogen and oxygen atoms in total. The molecule has 164 valence electrons. The summed E-state index contributed by atoms with van der Waals surface area (Å²) in [4.78, 5) is 32.4. The molecule has 1 N–H and O–H groups in total. The third-order valence-electron chi connectivity index (χ3n) is 5.06. The van der Waals surface area contributed by atoms with Crippen LogP contribution in [-0.4, -0.2) is 84.1 Å². The van der Waals surface area contributed by atoms with E-state index >= 15 is 0 Å².